The van der Waals surface area contributed by atoms with Crippen LogP contribution in [0.25, 0.3) is 0 Å². The Bertz CT molecular complexity index is 2710. The highest BCUT2D eigenvalue weighted by Crippen LogP contribution is 2.61. The minimum atomic E-state index is -0.125. The third kappa shape index (κ3) is 6.21. The fraction of sp³-hybridized carbons (Fsp3) is 0.379. The molecule has 0 saturated heterocycles. The van der Waals surface area contributed by atoms with Gasteiger partial charge in [0.2, 0.25) is 0 Å². The number of fused-ring (bicyclic) bond motifs is 7. The van der Waals surface area contributed by atoms with Gasteiger partial charge in [0.25, 0.3) is 6.71 Å². The van der Waals surface area contributed by atoms with Crippen LogP contribution in [0.2, 0.25) is 0 Å². The standard InChI is InChI=1S/C58H66BN3/c1-54(2,3)39-22-21-25-43(34-39)61-50-36-41(56(7,8)9)28-30-47(50)59-46-26-17-18-27-49(46)60(42-23-15-14-16-24-42)51-37-44(38-52(61)53(51)59)62-48-31-29-40(55(4,5)6)35-45(48)57(10)32-19-12-13-20-33-58(57,62)11/h14-18,21-31,34-38H,12-13,19-20,32-33H2,1-11H3. The Kier molecular flexibility index (Phi) is 9.32. The molecule has 2 unspecified atom stereocenters. The molecule has 0 amide bonds. The summed E-state index contributed by atoms with van der Waals surface area (Å²) in [5, 5.41) is 0. The SMILES string of the molecule is CC(C)(C)c1cccc(N2c3cc(C(C)(C)C)ccc3B3c4ccccc4N(c4ccccc4)c4cc(N5c6ccc(C(C)(C)C)cc6C6(C)CCCCCCC56C)cc2c43)c1. The first kappa shape index (κ1) is 40.8. The number of hydrogen-bond donors (Lipinski definition) is 0. The molecule has 0 bridgehead atoms. The highest BCUT2D eigenvalue weighted by molar-refractivity contribution is 7.00. The van der Waals surface area contributed by atoms with E-state index >= 15 is 0 Å². The molecule has 0 spiro atoms. The Morgan fingerprint density at radius 1 is 0.435 bits per heavy atom. The predicted octanol–water partition coefficient (Wildman–Crippen LogP) is 14.2. The average Bonchev–Trinajstić information content (AvgIpc) is 3.41. The summed E-state index contributed by atoms with van der Waals surface area (Å²) < 4.78 is 0. The van der Waals surface area contributed by atoms with Crippen LogP contribution in [0.1, 0.15) is 137 Å². The topological polar surface area (TPSA) is 9.72 Å². The van der Waals surface area contributed by atoms with E-state index in [4.69, 9.17) is 0 Å². The number of benzene rings is 6. The van der Waals surface area contributed by atoms with E-state index in [2.05, 4.69) is 218 Å². The number of para-hydroxylation sites is 2. The molecule has 2 atom stereocenters. The van der Waals surface area contributed by atoms with Crippen LogP contribution in [0, 0.1) is 0 Å². The molecule has 4 aliphatic rings. The van der Waals surface area contributed by atoms with Crippen LogP contribution in [0.4, 0.5) is 45.5 Å². The quantitative estimate of drug-likeness (QED) is 0.165. The van der Waals surface area contributed by atoms with Crippen molar-refractivity contribution in [1.29, 1.82) is 0 Å². The third-order valence-electron chi connectivity index (χ3n) is 15.5. The number of nitrogens with zero attached hydrogens (tertiary/aromatic N) is 3. The molecule has 10 rings (SSSR count). The van der Waals surface area contributed by atoms with Crippen LogP contribution >= 0.6 is 0 Å². The van der Waals surface area contributed by atoms with Crippen LogP contribution in [0.15, 0.2) is 127 Å². The van der Waals surface area contributed by atoms with Gasteiger partial charge in [-0.15, -0.1) is 0 Å². The van der Waals surface area contributed by atoms with Gasteiger partial charge in [0, 0.05) is 50.9 Å². The summed E-state index contributed by atoms with van der Waals surface area (Å²) in [5.41, 5.74) is 19.8. The van der Waals surface area contributed by atoms with Gasteiger partial charge in [-0.2, -0.15) is 0 Å². The molecular weight excluding hydrogens is 749 g/mol. The Labute approximate surface area is 373 Å². The number of anilines is 8. The first-order chi connectivity index (χ1) is 29.4. The zero-order chi connectivity index (χ0) is 43.6. The van der Waals surface area contributed by atoms with Gasteiger partial charge in [-0.3, -0.25) is 0 Å². The Hall–Kier alpha value is -5.22. The Morgan fingerprint density at radius 2 is 1.00 bits per heavy atom. The van der Waals surface area contributed by atoms with Gasteiger partial charge < -0.3 is 14.7 Å². The zero-order valence-corrected chi connectivity index (χ0v) is 39.3. The van der Waals surface area contributed by atoms with Crippen LogP contribution in [-0.4, -0.2) is 12.3 Å². The second kappa shape index (κ2) is 14.1. The molecule has 1 aliphatic carbocycles. The molecule has 6 aromatic carbocycles. The normalized spacial score (nSPS) is 20.8. The van der Waals surface area contributed by atoms with Crippen molar-refractivity contribution in [2.45, 2.75) is 142 Å². The summed E-state index contributed by atoms with van der Waals surface area (Å²) in [4.78, 5) is 8.06. The van der Waals surface area contributed by atoms with Crippen LogP contribution in [0.5, 0.6) is 0 Å². The van der Waals surface area contributed by atoms with Crippen molar-refractivity contribution < 1.29 is 0 Å². The van der Waals surface area contributed by atoms with E-state index in [0.717, 1.165) is 6.42 Å². The Balaban J connectivity index is 1.33. The van der Waals surface area contributed by atoms with E-state index < -0.39 is 0 Å². The van der Waals surface area contributed by atoms with E-state index in [1.807, 2.05) is 0 Å². The third-order valence-corrected chi connectivity index (χ3v) is 15.5. The van der Waals surface area contributed by atoms with Crippen molar-refractivity contribution in [1.82, 2.24) is 0 Å². The lowest BCUT2D eigenvalue weighted by molar-refractivity contribution is 0.217. The summed E-state index contributed by atoms with van der Waals surface area (Å²) >= 11 is 0. The smallest absolute Gasteiger partial charge is 0.252 e. The Morgan fingerprint density at radius 3 is 1.69 bits per heavy atom. The lowest BCUT2D eigenvalue weighted by Gasteiger charge is -2.50. The zero-order valence-electron chi connectivity index (χ0n) is 39.3. The average molecular weight is 816 g/mol. The van der Waals surface area contributed by atoms with Gasteiger partial charge in [-0.25, -0.2) is 0 Å². The van der Waals surface area contributed by atoms with Crippen molar-refractivity contribution in [3.63, 3.8) is 0 Å². The summed E-state index contributed by atoms with van der Waals surface area (Å²) in [6.07, 6.45) is 7.45. The molecule has 0 aromatic heterocycles. The van der Waals surface area contributed by atoms with Crippen molar-refractivity contribution in [2.75, 3.05) is 14.7 Å². The first-order valence-electron chi connectivity index (χ1n) is 23.5. The molecule has 316 valence electrons. The summed E-state index contributed by atoms with van der Waals surface area (Å²) in [5.74, 6) is 0. The van der Waals surface area contributed by atoms with Gasteiger partial charge >= 0.3 is 0 Å². The van der Waals surface area contributed by atoms with Crippen molar-refractivity contribution in [3.8, 4) is 0 Å². The highest BCUT2D eigenvalue weighted by atomic mass is 15.3. The number of hydrogen-bond acceptors (Lipinski definition) is 3. The molecule has 3 heterocycles. The highest BCUT2D eigenvalue weighted by Gasteiger charge is 2.57. The van der Waals surface area contributed by atoms with Crippen molar-refractivity contribution in [2.24, 2.45) is 0 Å². The second-order valence-electron chi connectivity index (χ2n) is 22.6. The maximum absolute atomic E-state index is 2.83. The monoisotopic (exact) mass is 816 g/mol. The molecule has 3 aliphatic heterocycles. The minimum absolute atomic E-state index is 0.00281. The van der Waals surface area contributed by atoms with E-state index in [1.54, 1.807) is 0 Å². The number of rotatable bonds is 3. The van der Waals surface area contributed by atoms with E-state index in [-0.39, 0.29) is 33.9 Å². The maximum Gasteiger partial charge on any atom is 0.252 e. The molecule has 0 N–H and O–H groups in total. The van der Waals surface area contributed by atoms with Crippen molar-refractivity contribution >= 4 is 68.6 Å². The molecule has 3 nitrogen and oxygen atoms in total. The van der Waals surface area contributed by atoms with Gasteiger partial charge in [0.05, 0.1) is 5.54 Å². The maximum atomic E-state index is 2.83. The second-order valence-corrected chi connectivity index (χ2v) is 22.6. The summed E-state index contributed by atoms with van der Waals surface area (Å²) in [6.45, 7) is 26.5. The predicted molar refractivity (Wildman–Crippen MR) is 269 cm³/mol. The summed E-state index contributed by atoms with van der Waals surface area (Å²) in [7, 11) is 0. The fourth-order valence-electron chi connectivity index (χ4n) is 11.7. The largest absolute Gasteiger partial charge is 0.334 e. The summed E-state index contributed by atoms with van der Waals surface area (Å²) in [6, 6.07) is 49.8. The molecule has 4 heteroatoms. The molecule has 1 saturated carbocycles. The van der Waals surface area contributed by atoms with E-state index in [9.17, 15) is 0 Å². The van der Waals surface area contributed by atoms with E-state index in [1.165, 1.54) is 116 Å². The molecule has 0 radical (unpaired) electrons. The van der Waals surface area contributed by atoms with Gasteiger partial charge in [0.1, 0.15) is 0 Å². The first-order valence-corrected chi connectivity index (χ1v) is 23.5. The van der Waals surface area contributed by atoms with Crippen LogP contribution < -0.4 is 31.1 Å². The van der Waals surface area contributed by atoms with Gasteiger partial charge in [-0.1, -0.05) is 168 Å². The van der Waals surface area contributed by atoms with Crippen LogP contribution in [-0.2, 0) is 21.7 Å². The minimum Gasteiger partial charge on any atom is -0.334 e. The lowest BCUT2D eigenvalue weighted by Crippen LogP contribution is -2.61. The van der Waals surface area contributed by atoms with Crippen molar-refractivity contribution in [3.05, 3.63) is 150 Å². The molecular formula is C58H66BN3. The lowest BCUT2D eigenvalue weighted by atomic mass is 9.33. The molecule has 1 fully saturated rings. The van der Waals surface area contributed by atoms with Gasteiger partial charge in [0.15, 0.2) is 0 Å². The van der Waals surface area contributed by atoms with E-state index in [0.29, 0.717) is 0 Å². The fourth-order valence-corrected chi connectivity index (χ4v) is 11.7. The molecule has 62 heavy (non-hydrogen) atoms. The van der Waals surface area contributed by atoms with Crippen LogP contribution in [0.3, 0.4) is 0 Å². The van der Waals surface area contributed by atoms with Gasteiger partial charge in [-0.05, 0) is 129 Å². The molecule has 6 aromatic rings.